The van der Waals surface area contributed by atoms with Gasteiger partial charge >= 0.3 is 5.97 Å². The number of pyridine rings is 1. The van der Waals surface area contributed by atoms with Crippen molar-refractivity contribution in [3.05, 3.63) is 182 Å². The van der Waals surface area contributed by atoms with Crippen LogP contribution >= 0.6 is 0 Å². The lowest BCUT2D eigenvalue weighted by Crippen LogP contribution is -2.81. The van der Waals surface area contributed by atoms with Crippen molar-refractivity contribution in [1.82, 2.24) is 0 Å². The fourth-order valence-electron chi connectivity index (χ4n) is 6.80. The van der Waals surface area contributed by atoms with Crippen LogP contribution in [-0.2, 0) is 11.3 Å². The Morgan fingerprint density at radius 1 is 0.403 bits per heavy atom. The first kappa shape index (κ1) is 51.0. The lowest BCUT2D eigenvalue weighted by atomic mass is 9.12. The first-order chi connectivity index (χ1) is 31.1. The number of halogens is 20. The molecule has 0 unspecified atom stereocenters. The first-order valence-electron chi connectivity index (χ1n) is 18.1. The molecular formula is C42H20BF20NO3. The molecule has 0 aliphatic rings. The molecule has 1 aromatic heterocycles. The molecule has 1 heterocycles. The summed E-state index contributed by atoms with van der Waals surface area (Å²) in [6.07, 6.45) is -3.54. The molecule has 0 spiro atoms. The number of carbonyl (C=O) groups excluding carboxylic acids is 2. The van der Waals surface area contributed by atoms with Crippen molar-refractivity contribution in [2.75, 3.05) is 0 Å². The number of ether oxygens (including phenoxy) is 1. The Balaban J connectivity index is 0.000000319. The summed E-state index contributed by atoms with van der Waals surface area (Å²) in [5, 5.41) is 0. The second kappa shape index (κ2) is 18.7. The first-order valence-corrected chi connectivity index (χ1v) is 18.1. The van der Waals surface area contributed by atoms with Crippen LogP contribution < -0.4 is 26.4 Å². The van der Waals surface area contributed by atoms with Crippen molar-refractivity contribution in [3.8, 4) is 0 Å². The molecule has 0 N–H and O–H groups in total. The molecule has 5 aromatic carbocycles. The van der Waals surface area contributed by atoms with Crippen molar-refractivity contribution < 1.29 is 107 Å². The van der Waals surface area contributed by atoms with Crippen LogP contribution in [0.25, 0.3) is 0 Å². The summed E-state index contributed by atoms with van der Waals surface area (Å²) in [6, 6.07) is 12.2. The maximum atomic E-state index is 15.4. The minimum absolute atomic E-state index is 0.00746. The van der Waals surface area contributed by atoms with Gasteiger partial charge in [-0.2, -0.15) is 4.57 Å². The molecule has 0 saturated carbocycles. The van der Waals surface area contributed by atoms with Gasteiger partial charge in [0.05, 0.1) is 5.56 Å². The molecule has 4 nitrogen and oxygen atoms in total. The average molecular weight is 977 g/mol. The molecule has 0 fully saturated rings. The van der Waals surface area contributed by atoms with Gasteiger partial charge in [0, 0.05) is 17.7 Å². The van der Waals surface area contributed by atoms with Gasteiger partial charge in [-0.05, 0) is 32.9 Å². The van der Waals surface area contributed by atoms with Gasteiger partial charge in [0.15, 0.2) is 82.2 Å². The van der Waals surface area contributed by atoms with Gasteiger partial charge in [0.2, 0.25) is 12.3 Å². The normalized spacial score (nSPS) is 11.7. The van der Waals surface area contributed by atoms with Gasteiger partial charge < -0.3 is 4.74 Å². The van der Waals surface area contributed by atoms with E-state index in [1.807, 2.05) is 55.9 Å². The van der Waals surface area contributed by atoms with E-state index in [4.69, 9.17) is 4.74 Å². The van der Waals surface area contributed by atoms with Crippen LogP contribution in [0.4, 0.5) is 87.8 Å². The van der Waals surface area contributed by atoms with Gasteiger partial charge in [-0.1, -0.05) is 18.2 Å². The molecule has 6 rings (SSSR count). The van der Waals surface area contributed by atoms with Gasteiger partial charge in [0.25, 0.3) is 0 Å². The van der Waals surface area contributed by atoms with Crippen molar-refractivity contribution in [2.45, 2.75) is 32.9 Å². The highest BCUT2D eigenvalue weighted by molar-refractivity contribution is 7.20. The van der Waals surface area contributed by atoms with E-state index in [-0.39, 0.29) is 18.3 Å². The number of rotatable bonds is 8. The largest absolute Gasteiger partial charge is 0.456 e. The fraction of sp³-hybridized carbons (Fsp3) is 0.119. The molecule has 67 heavy (non-hydrogen) atoms. The molecule has 0 aliphatic heterocycles. The Labute approximate surface area is 361 Å². The lowest BCUT2D eigenvalue weighted by Gasteiger charge is -2.44. The van der Waals surface area contributed by atoms with Crippen LogP contribution in [0.15, 0.2) is 54.9 Å². The van der Waals surface area contributed by atoms with Gasteiger partial charge in [0.1, 0.15) is 58.3 Å². The number of hydrogen-bond acceptors (Lipinski definition) is 3. The third kappa shape index (κ3) is 8.77. The number of hydrogen-bond donors (Lipinski definition) is 0. The average Bonchev–Trinajstić information content (AvgIpc) is 3.28. The zero-order valence-corrected chi connectivity index (χ0v) is 33.2. The number of carbonyl (C=O) groups is 2. The van der Waals surface area contributed by atoms with Crippen molar-refractivity contribution in [1.29, 1.82) is 0 Å². The summed E-state index contributed by atoms with van der Waals surface area (Å²) in [6.45, 7) is 5.73. The standard InChI is InChI=1S/C24BF20.C18H20NO3/c26-5-1(6(27)14(35)21(42)13(5)34)25(2-7(28)15(36)22(43)16(37)8(2)29,3-9(30)17(38)23(44)18(39)10(3)31)4-11(32)19(40)24(45)20(41)12(4)33;1-18(2,3)22-17(21)15-9-7-14(8-10-15)16(20)13-19-11-5-4-6-12-19/h;4-12H,13H2,1-3H3/q-1;+1. The fourth-order valence-corrected chi connectivity index (χ4v) is 6.80. The van der Waals surface area contributed by atoms with E-state index in [0.29, 0.717) is 11.1 Å². The Morgan fingerprint density at radius 2 is 0.642 bits per heavy atom. The maximum Gasteiger partial charge on any atom is 0.338 e. The predicted octanol–water partition coefficient (Wildman–Crippen LogP) is 8.66. The minimum atomic E-state index is -7.22. The van der Waals surface area contributed by atoms with E-state index in [1.54, 1.807) is 24.3 Å². The quantitative estimate of drug-likeness (QED) is 0.0292. The highest BCUT2D eigenvalue weighted by Crippen LogP contribution is 2.31. The van der Waals surface area contributed by atoms with E-state index in [0.717, 1.165) is 0 Å². The van der Waals surface area contributed by atoms with E-state index < -0.39 is 150 Å². The van der Waals surface area contributed by atoms with E-state index >= 15 is 35.1 Å². The third-order valence-corrected chi connectivity index (χ3v) is 9.65. The van der Waals surface area contributed by atoms with E-state index in [2.05, 4.69) is 0 Å². The lowest BCUT2D eigenvalue weighted by molar-refractivity contribution is -0.683. The molecule has 0 saturated heterocycles. The number of ketones is 1. The second-order valence-corrected chi connectivity index (χ2v) is 14.9. The number of esters is 1. The predicted molar refractivity (Wildman–Crippen MR) is 192 cm³/mol. The highest BCUT2D eigenvalue weighted by Gasteiger charge is 2.52. The highest BCUT2D eigenvalue weighted by atomic mass is 19.2. The number of benzene rings is 5. The van der Waals surface area contributed by atoms with Gasteiger partial charge in [-0.3, -0.25) is 4.79 Å². The van der Waals surface area contributed by atoms with Gasteiger partial charge in [-0.25, -0.2) is 92.6 Å². The summed E-state index contributed by atoms with van der Waals surface area (Å²) < 4.78 is 301. The smallest absolute Gasteiger partial charge is 0.338 e. The Morgan fingerprint density at radius 3 is 0.896 bits per heavy atom. The minimum Gasteiger partial charge on any atom is -0.456 e. The van der Waals surface area contributed by atoms with Crippen LogP contribution in [-0.4, -0.2) is 23.5 Å². The number of Topliss-reactive ketones (excluding diaryl/α,β-unsaturated/α-hetero) is 1. The Kier molecular flexibility index (Phi) is 14.3. The van der Waals surface area contributed by atoms with Crippen LogP contribution in [0.2, 0.25) is 0 Å². The Bertz CT molecular complexity index is 2600. The zero-order chi connectivity index (χ0) is 50.5. The SMILES string of the molecule is CC(C)(C)OC(=O)c1ccc(C(=O)C[n+]2ccccc2)cc1.Fc1c(F)c(F)c([B-](c2c(F)c(F)c(F)c(F)c2F)(c2c(F)c(F)c(F)c(F)c2F)c2c(F)c(F)c(F)c(F)c2F)c(F)c1F. The molecule has 354 valence electrons. The summed E-state index contributed by atoms with van der Waals surface area (Å²) in [5.41, 5.74) is -13.8. The Hall–Kier alpha value is -6.95. The summed E-state index contributed by atoms with van der Waals surface area (Å²) in [5.74, 6) is -71.8. The molecular weight excluding hydrogens is 957 g/mol. The van der Waals surface area contributed by atoms with Crippen molar-refractivity contribution in [2.24, 2.45) is 0 Å². The van der Waals surface area contributed by atoms with Crippen LogP contribution in [0.5, 0.6) is 0 Å². The summed E-state index contributed by atoms with van der Waals surface area (Å²) in [7, 11) is 0. The zero-order valence-electron chi connectivity index (χ0n) is 33.2. The molecule has 0 amide bonds. The molecule has 0 atom stereocenters. The topological polar surface area (TPSA) is 47.3 Å². The van der Waals surface area contributed by atoms with E-state index in [1.165, 1.54) is 0 Å². The molecule has 0 bridgehead atoms. The monoisotopic (exact) mass is 977 g/mol. The second-order valence-electron chi connectivity index (χ2n) is 14.9. The van der Waals surface area contributed by atoms with E-state index in [9.17, 15) is 62.3 Å². The molecule has 0 radical (unpaired) electrons. The van der Waals surface area contributed by atoms with Crippen molar-refractivity contribution in [3.63, 3.8) is 0 Å². The molecule has 25 heteroatoms. The maximum absolute atomic E-state index is 15.4. The summed E-state index contributed by atoms with van der Waals surface area (Å²) in [4.78, 5) is 24.1. The number of nitrogens with zero attached hydrogens (tertiary/aromatic N) is 1. The molecule has 6 aromatic rings. The summed E-state index contributed by atoms with van der Waals surface area (Å²) >= 11 is 0. The van der Waals surface area contributed by atoms with Crippen LogP contribution in [0, 0.1) is 116 Å². The van der Waals surface area contributed by atoms with Crippen LogP contribution in [0.1, 0.15) is 41.5 Å². The number of aromatic nitrogens is 1. The third-order valence-electron chi connectivity index (χ3n) is 9.65. The molecule has 0 aliphatic carbocycles. The van der Waals surface area contributed by atoms with Crippen LogP contribution in [0.3, 0.4) is 0 Å². The van der Waals surface area contributed by atoms with Gasteiger partial charge in [-0.15, -0.1) is 21.9 Å². The van der Waals surface area contributed by atoms with Crippen molar-refractivity contribution >= 4 is 39.7 Å².